The van der Waals surface area contributed by atoms with Crippen LogP contribution in [0.4, 0.5) is 0 Å². The van der Waals surface area contributed by atoms with Gasteiger partial charge in [-0.15, -0.1) is 0 Å². The van der Waals surface area contributed by atoms with Crippen LogP contribution in [0.3, 0.4) is 0 Å². The van der Waals surface area contributed by atoms with E-state index in [0.29, 0.717) is 25.3 Å². The Morgan fingerprint density at radius 1 is 1.20 bits per heavy atom. The molecule has 5 nitrogen and oxygen atoms in total. The second-order valence-electron chi connectivity index (χ2n) is 4.22. The number of carboxylic acid groups (broad SMARTS) is 1. The van der Waals surface area contributed by atoms with Gasteiger partial charge in [-0.2, -0.15) is 0 Å². The molecule has 2 aliphatic rings. The molecule has 2 unspecified atom stereocenters. The van der Waals surface area contributed by atoms with Gasteiger partial charge >= 0.3 is 5.97 Å². The van der Waals surface area contributed by atoms with Gasteiger partial charge < -0.3 is 15.2 Å². The number of ether oxygens (including phenoxy) is 1. The molecule has 1 saturated heterocycles. The van der Waals surface area contributed by atoms with Crippen LogP contribution in [0.5, 0.6) is 0 Å². The Morgan fingerprint density at radius 3 is 2.40 bits per heavy atom. The third-order valence-corrected chi connectivity index (χ3v) is 2.85. The maximum absolute atomic E-state index is 11.5. The highest BCUT2D eigenvalue weighted by Crippen LogP contribution is 2.28. The van der Waals surface area contributed by atoms with Crippen molar-refractivity contribution in [3.63, 3.8) is 0 Å². The number of carbonyl (C=O) groups is 2. The molecule has 0 radical (unpaired) electrons. The first-order chi connectivity index (χ1) is 7.16. The molecule has 2 atom stereocenters. The third kappa shape index (κ3) is 2.68. The summed E-state index contributed by atoms with van der Waals surface area (Å²) in [5.41, 5.74) is 0. The standard InChI is InChI=1S/C10H15NO4/c12-9(11-5-6-1-2-6)7-3-4-8(15-7)10(13)14/h6-8H,1-5H2,(H,11,12)(H,13,14). The van der Waals surface area contributed by atoms with Gasteiger partial charge in [0.1, 0.15) is 6.10 Å². The fraction of sp³-hybridized carbons (Fsp3) is 0.800. The van der Waals surface area contributed by atoms with Gasteiger partial charge in [0.05, 0.1) is 0 Å². The highest BCUT2D eigenvalue weighted by Gasteiger charge is 2.35. The van der Waals surface area contributed by atoms with Crippen molar-refractivity contribution in [2.75, 3.05) is 6.54 Å². The van der Waals surface area contributed by atoms with Crippen molar-refractivity contribution in [1.82, 2.24) is 5.32 Å². The minimum absolute atomic E-state index is 0.161. The van der Waals surface area contributed by atoms with Crippen LogP contribution in [0, 0.1) is 5.92 Å². The first kappa shape index (κ1) is 10.4. The monoisotopic (exact) mass is 213 g/mol. The number of nitrogens with one attached hydrogen (secondary N) is 1. The summed E-state index contributed by atoms with van der Waals surface area (Å²) in [7, 11) is 0. The molecule has 1 heterocycles. The van der Waals surface area contributed by atoms with E-state index in [1.165, 1.54) is 12.8 Å². The summed E-state index contributed by atoms with van der Waals surface area (Å²) in [6.07, 6.45) is 1.93. The number of carboxylic acids is 1. The Labute approximate surface area is 87.8 Å². The topological polar surface area (TPSA) is 75.6 Å². The lowest BCUT2D eigenvalue weighted by molar-refractivity contribution is -0.151. The molecule has 2 fully saturated rings. The van der Waals surface area contributed by atoms with Crippen molar-refractivity contribution in [1.29, 1.82) is 0 Å². The summed E-state index contributed by atoms with van der Waals surface area (Å²) < 4.78 is 5.13. The van der Waals surface area contributed by atoms with Crippen LogP contribution in [0.2, 0.25) is 0 Å². The van der Waals surface area contributed by atoms with Gasteiger partial charge in [-0.25, -0.2) is 4.79 Å². The summed E-state index contributed by atoms with van der Waals surface area (Å²) in [6, 6.07) is 0. The van der Waals surface area contributed by atoms with E-state index < -0.39 is 18.2 Å². The predicted octanol–water partition coefficient (Wildman–Crippen LogP) is 0.145. The number of amides is 1. The molecule has 2 N–H and O–H groups in total. The molecule has 0 aromatic rings. The Balaban J connectivity index is 1.73. The molecule has 0 aromatic carbocycles. The van der Waals surface area contributed by atoms with Crippen LogP contribution < -0.4 is 5.32 Å². The lowest BCUT2D eigenvalue weighted by Crippen LogP contribution is -2.36. The first-order valence-electron chi connectivity index (χ1n) is 5.33. The first-order valence-corrected chi connectivity index (χ1v) is 5.33. The van der Waals surface area contributed by atoms with Gasteiger partial charge in [-0.05, 0) is 31.6 Å². The van der Waals surface area contributed by atoms with Crippen LogP contribution in [0.1, 0.15) is 25.7 Å². The zero-order valence-electron chi connectivity index (χ0n) is 8.44. The minimum atomic E-state index is -0.979. The molecule has 2 rings (SSSR count). The van der Waals surface area contributed by atoms with E-state index in [4.69, 9.17) is 9.84 Å². The maximum atomic E-state index is 11.5. The normalized spacial score (nSPS) is 30.1. The fourth-order valence-electron chi connectivity index (χ4n) is 1.69. The van der Waals surface area contributed by atoms with E-state index in [1.54, 1.807) is 0 Å². The number of hydrogen-bond acceptors (Lipinski definition) is 3. The molecule has 1 saturated carbocycles. The molecule has 1 aliphatic carbocycles. The highest BCUT2D eigenvalue weighted by molar-refractivity contribution is 5.82. The molecule has 0 aromatic heterocycles. The van der Waals surface area contributed by atoms with Gasteiger partial charge in [0.25, 0.3) is 0 Å². The summed E-state index contributed by atoms with van der Waals surface area (Å²) in [5, 5.41) is 11.5. The Bertz CT molecular complexity index is 275. The second kappa shape index (κ2) is 4.18. The molecular formula is C10H15NO4. The number of rotatable bonds is 4. The second-order valence-corrected chi connectivity index (χ2v) is 4.22. The fourth-order valence-corrected chi connectivity index (χ4v) is 1.69. The van der Waals surface area contributed by atoms with Crippen molar-refractivity contribution in [2.45, 2.75) is 37.9 Å². The van der Waals surface area contributed by atoms with E-state index in [9.17, 15) is 9.59 Å². The molecule has 1 aliphatic heterocycles. The number of hydrogen-bond donors (Lipinski definition) is 2. The van der Waals surface area contributed by atoms with E-state index in [2.05, 4.69) is 5.32 Å². The van der Waals surface area contributed by atoms with E-state index in [1.807, 2.05) is 0 Å². The van der Waals surface area contributed by atoms with Gasteiger partial charge in [-0.1, -0.05) is 0 Å². The number of carbonyl (C=O) groups excluding carboxylic acids is 1. The summed E-state index contributed by atoms with van der Waals surface area (Å²) in [4.78, 5) is 22.1. The van der Waals surface area contributed by atoms with Crippen LogP contribution in [0.25, 0.3) is 0 Å². The molecular weight excluding hydrogens is 198 g/mol. The average Bonchev–Trinajstić information content (AvgIpc) is 2.88. The molecule has 5 heteroatoms. The maximum Gasteiger partial charge on any atom is 0.332 e. The van der Waals surface area contributed by atoms with Gasteiger partial charge in [0, 0.05) is 6.54 Å². The molecule has 15 heavy (non-hydrogen) atoms. The Hall–Kier alpha value is -1.10. The molecule has 84 valence electrons. The van der Waals surface area contributed by atoms with Crippen LogP contribution in [0.15, 0.2) is 0 Å². The SMILES string of the molecule is O=C(O)C1CCC(C(=O)NCC2CC2)O1. The Kier molecular flexibility index (Phi) is 2.90. The van der Waals surface area contributed by atoms with Crippen molar-refractivity contribution >= 4 is 11.9 Å². The summed E-state index contributed by atoms with van der Waals surface area (Å²) >= 11 is 0. The summed E-state index contributed by atoms with van der Waals surface area (Å²) in [5.74, 6) is -0.510. The Morgan fingerprint density at radius 2 is 1.87 bits per heavy atom. The quantitative estimate of drug-likeness (QED) is 0.696. The van der Waals surface area contributed by atoms with Gasteiger partial charge in [0.15, 0.2) is 6.10 Å². The van der Waals surface area contributed by atoms with Crippen LogP contribution in [-0.2, 0) is 14.3 Å². The number of aliphatic carboxylic acids is 1. The largest absolute Gasteiger partial charge is 0.479 e. The lowest BCUT2D eigenvalue weighted by atomic mass is 10.2. The average molecular weight is 213 g/mol. The smallest absolute Gasteiger partial charge is 0.332 e. The molecule has 1 amide bonds. The van der Waals surface area contributed by atoms with Gasteiger partial charge in [-0.3, -0.25) is 4.79 Å². The van der Waals surface area contributed by atoms with E-state index in [-0.39, 0.29) is 5.91 Å². The predicted molar refractivity (Wildman–Crippen MR) is 51.3 cm³/mol. The van der Waals surface area contributed by atoms with E-state index in [0.717, 1.165) is 0 Å². The third-order valence-electron chi connectivity index (χ3n) is 2.85. The van der Waals surface area contributed by atoms with Crippen molar-refractivity contribution in [2.24, 2.45) is 5.92 Å². The lowest BCUT2D eigenvalue weighted by Gasteiger charge is -2.11. The molecule has 0 bridgehead atoms. The van der Waals surface area contributed by atoms with Crippen molar-refractivity contribution < 1.29 is 19.4 Å². The highest BCUT2D eigenvalue weighted by atomic mass is 16.5. The molecule has 0 spiro atoms. The van der Waals surface area contributed by atoms with E-state index >= 15 is 0 Å². The van der Waals surface area contributed by atoms with Crippen LogP contribution in [-0.4, -0.2) is 35.7 Å². The van der Waals surface area contributed by atoms with Crippen molar-refractivity contribution in [3.8, 4) is 0 Å². The summed E-state index contributed by atoms with van der Waals surface area (Å²) in [6.45, 7) is 0.705. The van der Waals surface area contributed by atoms with Crippen LogP contribution >= 0.6 is 0 Å². The minimum Gasteiger partial charge on any atom is -0.479 e. The van der Waals surface area contributed by atoms with Crippen molar-refractivity contribution in [3.05, 3.63) is 0 Å². The zero-order valence-corrected chi connectivity index (χ0v) is 8.44. The zero-order chi connectivity index (χ0) is 10.8. The van der Waals surface area contributed by atoms with Gasteiger partial charge in [0.2, 0.25) is 5.91 Å².